The molecule has 0 saturated heterocycles. The molecule has 1 aliphatic carbocycles. The third-order valence-electron chi connectivity index (χ3n) is 5.01. The quantitative estimate of drug-likeness (QED) is 0.655. The van der Waals surface area contributed by atoms with E-state index in [1.165, 1.54) is 22.7 Å². The van der Waals surface area contributed by atoms with Crippen LogP contribution in [0.3, 0.4) is 0 Å². The summed E-state index contributed by atoms with van der Waals surface area (Å²) in [6.45, 7) is 2.28. The molecule has 0 unspecified atom stereocenters. The zero-order valence-corrected chi connectivity index (χ0v) is 18.2. The SMILES string of the molecule is Cc1ccccc1C(=O)Nc1nc2c(s1)C(=O)C[C@H](C(=O)N(C)Cc1nccs1)C2. The number of amides is 2. The molecule has 1 atom stereocenters. The number of ketones is 1. The van der Waals surface area contributed by atoms with Gasteiger partial charge >= 0.3 is 0 Å². The maximum Gasteiger partial charge on any atom is 0.257 e. The van der Waals surface area contributed by atoms with Gasteiger partial charge in [-0.1, -0.05) is 29.5 Å². The van der Waals surface area contributed by atoms with Crippen molar-refractivity contribution < 1.29 is 14.4 Å². The van der Waals surface area contributed by atoms with Crippen LogP contribution < -0.4 is 5.32 Å². The Hall–Kier alpha value is -2.91. The van der Waals surface area contributed by atoms with Crippen molar-refractivity contribution in [1.29, 1.82) is 0 Å². The monoisotopic (exact) mass is 440 g/mol. The predicted molar refractivity (Wildman–Crippen MR) is 116 cm³/mol. The van der Waals surface area contributed by atoms with Crippen LogP contribution in [-0.4, -0.2) is 39.5 Å². The van der Waals surface area contributed by atoms with E-state index >= 15 is 0 Å². The Morgan fingerprint density at radius 3 is 2.80 bits per heavy atom. The first-order chi connectivity index (χ1) is 14.4. The third kappa shape index (κ3) is 4.17. The number of aromatic nitrogens is 2. The first kappa shape index (κ1) is 20.4. The average Bonchev–Trinajstić information content (AvgIpc) is 3.37. The van der Waals surface area contributed by atoms with Gasteiger partial charge in [-0.3, -0.25) is 19.7 Å². The number of fused-ring (bicyclic) bond motifs is 1. The van der Waals surface area contributed by atoms with E-state index in [9.17, 15) is 14.4 Å². The highest BCUT2D eigenvalue weighted by Gasteiger charge is 2.34. The average molecular weight is 441 g/mol. The number of aryl methyl sites for hydroxylation is 1. The minimum atomic E-state index is -0.447. The molecule has 1 N–H and O–H groups in total. The number of nitrogens with one attached hydrogen (secondary N) is 1. The molecule has 0 aliphatic heterocycles. The molecule has 0 spiro atoms. The Bertz CT molecular complexity index is 1110. The first-order valence-electron chi connectivity index (χ1n) is 9.45. The van der Waals surface area contributed by atoms with Gasteiger partial charge in [0.15, 0.2) is 10.9 Å². The summed E-state index contributed by atoms with van der Waals surface area (Å²) in [5.74, 6) is -0.909. The van der Waals surface area contributed by atoms with E-state index in [0.717, 1.165) is 10.6 Å². The molecule has 0 bridgehead atoms. The van der Waals surface area contributed by atoms with E-state index in [-0.39, 0.29) is 24.0 Å². The Labute approximate surface area is 181 Å². The maximum absolute atomic E-state index is 12.8. The van der Waals surface area contributed by atoms with Crippen molar-refractivity contribution in [2.75, 3.05) is 12.4 Å². The molecule has 7 nitrogen and oxygen atoms in total. The summed E-state index contributed by atoms with van der Waals surface area (Å²) in [6.07, 6.45) is 2.25. The number of anilines is 1. The number of thiazole rings is 2. The molecule has 0 fully saturated rings. The van der Waals surface area contributed by atoms with Gasteiger partial charge in [0.2, 0.25) is 5.91 Å². The minimum Gasteiger partial charge on any atom is -0.339 e. The molecule has 2 amide bonds. The zero-order chi connectivity index (χ0) is 21.3. The van der Waals surface area contributed by atoms with Crippen LogP contribution in [0, 0.1) is 12.8 Å². The van der Waals surface area contributed by atoms with Crippen LogP contribution in [0.25, 0.3) is 0 Å². The van der Waals surface area contributed by atoms with E-state index in [1.54, 1.807) is 30.3 Å². The standard InChI is InChI=1S/C21H20N4O3S2/c1-12-5-3-4-6-14(12)19(27)24-21-23-15-9-13(10-16(26)18(15)30-21)20(28)25(2)11-17-22-7-8-29-17/h3-8,13H,9-11H2,1-2H3,(H,23,24,27)/t13-/m1/s1. The highest BCUT2D eigenvalue weighted by atomic mass is 32.1. The Morgan fingerprint density at radius 1 is 1.27 bits per heavy atom. The van der Waals surface area contributed by atoms with E-state index in [4.69, 9.17) is 0 Å². The lowest BCUT2D eigenvalue weighted by atomic mass is 9.89. The van der Waals surface area contributed by atoms with E-state index < -0.39 is 5.92 Å². The van der Waals surface area contributed by atoms with Gasteiger partial charge in [-0.25, -0.2) is 9.97 Å². The summed E-state index contributed by atoms with van der Waals surface area (Å²) in [4.78, 5) is 48.8. The van der Waals surface area contributed by atoms with Gasteiger partial charge in [-0.15, -0.1) is 11.3 Å². The number of hydrogen-bond donors (Lipinski definition) is 1. The van der Waals surface area contributed by atoms with Crippen LogP contribution in [0.1, 0.15) is 42.7 Å². The number of Topliss-reactive ketones (excluding diaryl/α,β-unsaturated/α-hetero) is 1. The number of hydrogen-bond acceptors (Lipinski definition) is 7. The fourth-order valence-corrected chi connectivity index (χ4v) is 5.08. The molecule has 4 rings (SSSR count). The van der Waals surface area contributed by atoms with Crippen molar-refractivity contribution in [2.45, 2.75) is 26.3 Å². The van der Waals surface area contributed by atoms with E-state index in [1.807, 2.05) is 24.4 Å². The number of nitrogens with zero attached hydrogens (tertiary/aromatic N) is 3. The molecule has 154 valence electrons. The zero-order valence-electron chi connectivity index (χ0n) is 16.5. The van der Waals surface area contributed by atoms with Crippen LogP contribution in [0.4, 0.5) is 5.13 Å². The van der Waals surface area contributed by atoms with Gasteiger partial charge in [0.05, 0.1) is 23.0 Å². The molecule has 2 aromatic heterocycles. The summed E-state index contributed by atoms with van der Waals surface area (Å²) < 4.78 is 0. The lowest BCUT2D eigenvalue weighted by Gasteiger charge is -2.24. The number of benzene rings is 1. The van der Waals surface area contributed by atoms with Crippen LogP contribution in [0.2, 0.25) is 0 Å². The van der Waals surface area contributed by atoms with Crippen molar-refractivity contribution in [1.82, 2.24) is 14.9 Å². The van der Waals surface area contributed by atoms with Crippen molar-refractivity contribution in [2.24, 2.45) is 5.92 Å². The van der Waals surface area contributed by atoms with Gasteiger partial charge in [-0.2, -0.15) is 0 Å². The molecular weight excluding hydrogens is 420 g/mol. The summed E-state index contributed by atoms with van der Waals surface area (Å²) >= 11 is 2.66. The largest absolute Gasteiger partial charge is 0.339 e. The molecule has 1 aliphatic rings. The highest BCUT2D eigenvalue weighted by Crippen LogP contribution is 2.33. The molecule has 9 heteroatoms. The number of carbonyl (C=O) groups is 3. The van der Waals surface area contributed by atoms with Crippen molar-refractivity contribution in [3.8, 4) is 0 Å². The number of carbonyl (C=O) groups excluding carboxylic acids is 3. The smallest absolute Gasteiger partial charge is 0.257 e. The fraction of sp³-hybridized carbons (Fsp3) is 0.286. The van der Waals surface area contributed by atoms with Gasteiger partial charge in [0, 0.05) is 37.0 Å². The van der Waals surface area contributed by atoms with Crippen LogP contribution >= 0.6 is 22.7 Å². The molecule has 1 aromatic carbocycles. The topological polar surface area (TPSA) is 92.3 Å². The fourth-order valence-electron chi connectivity index (χ4n) is 3.47. The summed E-state index contributed by atoms with van der Waals surface area (Å²) in [5, 5.41) is 5.89. The second-order valence-corrected chi connectivity index (χ2v) is 9.19. The van der Waals surface area contributed by atoms with Gasteiger partial charge in [-0.05, 0) is 18.6 Å². The maximum atomic E-state index is 12.8. The van der Waals surface area contributed by atoms with Crippen molar-refractivity contribution in [3.05, 3.63) is 62.5 Å². The molecule has 0 saturated carbocycles. The van der Waals surface area contributed by atoms with Gasteiger partial charge in [0.25, 0.3) is 5.91 Å². The summed E-state index contributed by atoms with van der Waals surface area (Å²) in [5.41, 5.74) is 2.01. The second-order valence-electron chi connectivity index (χ2n) is 7.21. The van der Waals surface area contributed by atoms with Gasteiger partial charge < -0.3 is 4.90 Å². The second kappa shape index (κ2) is 8.45. The number of rotatable bonds is 5. The molecule has 3 aromatic rings. The first-order valence-corrected chi connectivity index (χ1v) is 11.1. The van der Waals surface area contributed by atoms with Crippen molar-refractivity contribution in [3.63, 3.8) is 0 Å². The molecule has 2 heterocycles. The third-order valence-corrected chi connectivity index (χ3v) is 6.83. The lowest BCUT2D eigenvalue weighted by molar-refractivity contribution is -0.134. The van der Waals surface area contributed by atoms with Crippen LogP contribution in [0.15, 0.2) is 35.8 Å². The molecule has 30 heavy (non-hydrogen) atoms. The van der Waals surface area contributed by atoms with E-state index in [2.05, 4.69) is 15.3 Å². The summed E-state index contributed by atoms with van der Waals surface area (Å²) in [6, 6.07) is 7.28. The molecule has 0 radical (unpaired) electrons. The van der Waals surface area contributed by atoms with Crippen molar-refractivity contribution >= 4 is 45.4 Å². The Morgan fingerprint density at radius 2 is 2.07 bits per heavy atom. The van der Waals surface area contributed by atoms with Crippen LogP contribution in [-0.2, 0) is 17.8 Å². The normalized spacial score (nSPS) is 15.5. The van der Waals surface area contributed by atoms with Gasteiger partial charge in [0.1, 0.15) is 5.01 Å². The summed E-state index contributed by atoms with van der Waals surface area (Å²) in [7, 11) is 1.72. The lowest BCUT2D eigenvalue weighted by Crippen LogP contribution is -2.36. The Kier molecular flexibility index (Phi) is 5.74. The van der Waals surface area contributed by atoms with E-state index in [0.29, 0.717) is 34.2 Å². The molecular formula is C21H20N4O3S2. The van der Waals surface area contributed by atoms with Crippen LogP contribution in [0.5, 0.6) is 0 Å². The Balaban J connectivity index is 1.47. The highest BCUT2D eigenvalue weighted by molar-refractivity contribution is 7.17. The minimum absolute atomic E-state index is 0.0947. The predicted octanol–water partition coefficient (Wildman–Crippen LogP) is 3.56.